The molecule has 3 aromatic rings. The highest BCUT2D eigenvalue weighted by Crippen LogP contribution is 2.43. The van der Waals surface area contributed by atoms with Crippen molar-refractivity contribution < 1.29 is 46.8 Å². The van der Waals surface area contributed by atoms with Gasteiger partial charge in [-0.3, -0.25) is 4.79 Å². The van der Waals surface area contributed by atoms with E-state index in [1.54, 1.807) is 42.5 Å². The Hall–Kier alpha value is -3.31. The summed E-state index contributed by atoms with van der Waals surface area (Å²) in [6.07, 6.45) is -5.95. The molecule has 0 atom stereocenters. The second-order valence-corrected chi connectivity index (χ2v) is 8.47. The van der Waals surface area contributed by atoms with E-state index < -0.39 is 36.5 Å². The third-order valence-corrected chi connectivity index (χ3v) is 5.84. The molecule has 0 aliphatic heterocycles. The lowest BCUT2D eigenvalue weighted by Gasteiger charge is -2.24. The Labute approximate surface area is 222 Å². The Morgan fingerprint density at radius 2 is 1.66 bits per heavy atom. The number of benzene rings is 3. The third-order valence-electron chi connectivity index (χ3n) is 5.53. The van der Waals surface area contributed by atoms with E-state index in [0.717, 1.165) is 11.6 Å². The van der Waals surface area contributed by atoms with Gasteiger partial charge in [0.2, 0.25) is 0 Å². The van der Waals surface area contributed by atoms with Crippen LogP contribution in [0.2, 0.25) is 5.02 Å². The van der Waals surface area contributed by atoms with Crippen LogP contribution in [0.1, 0.15) is 28.5 Å². The maximum absolute atomic E-state index is 13.7. The normalized spacial score (nSPS) is 11.6. The quantitative estimate of drug-likeness (QED) is 0.256. The molecule has 0 heterocycles. The number of rotatable bonds is 12. The van der Waals surface area contributed by atoms with Crippen LogP contribution in [0.4, 0.5) is 13.2 Å². The Morgan fingerprint density at radius 3 is 2.21 bits per heavy atom. The highest BCUT2D eigenvalue weighted by Gasteiger charge is 2.38. The fraction of sp³-hybridized carbons (Fsp3) is 0.296. The third kappa shape index (κ3) is 7.16. The van der Waals surface area contributed by atoms with Crippen LogP contribution in [0.25, 0.3) is 11.1 Å². The second kappa shape index (κ2) is 13.0. The van der Waals surface area contributed by atoms with E-state index >= 15 is 0 Å². The van der Waals surface area contributed by atoms with Gasteiger partial charge in [-0.25, -0.2) is 0 Å². The molecule has 0 aliphatic carbocycles. The van der Waals surface area contributed by atoms with Gasteiger partial charge >= 0.3 is 12.1 Å². The van der Waals surface area contributed by atoms with Gasteiger partial charge in [-0.15, -0.1) is 0 Å². The molecule has 3 aromatic carbocycles. The van der Waals surface area contributed by atoms with Crippen LogP contribution in [-0.4, -0.2) is 39.2 Å². The van der Waals surface area contributed by atoms with Crippen LogP contribution in [-0.2, 0) is 38.2 Å². The molecule has 0 bridgehead atoms. The maximum Gasteiger partial charge on any atom is 0.419 e. The van der Waals surface area contributed by atoms with Crippen molar-refractivity contribution >= 4 is 17.6 Å². The van der Waals surface area contributed by atoms with Crippen LogP contribution in [0.3, 0.4) is 0 Å². The monoisotopic (exact) mass is 554 g/mol. The highest BCUT2D eigenvalue weighted by molar-refractivity contribution is 6.33. The molecule has 204 valence electrons. The van der Waals surface area contributed by atoms with E-state index in [9.17, 15) is 18.0 Å². The number of aliphatic carboxylic acids is 1. The summed E-state index contributed by atoms with van der Waals surface area (Å²) < 4.78 is 67.7. The summed E-state index contributed by atoms with van der Waals surface area (Å²) in [7, 11) is 3.89. The lowest BCUT2D eigenvalue weighted by Crippen LogP contribution is -2.17. The number of hydrogen-bond acceptors (Lipinski definition) is 6. The first-order valence-electron chi connectivity index (χ1n) is 11.2. The van der Waals surface area contributed by atoms with Gasteiger partial charge in [-0.2, -0.15) is 13.2 Å². The number of hydrogen-bond donors (Lipinski definition) is 1. The van der Waals surface area contributed by atoms with Crippen molar-refractivity contribution in [3.8, 4) is 22.6 Å². The Kier molecular flexibility index (Phi) is 9.98. The molecule has 0 fully saturated rings. The molecule has 3 rings (SSSR count). The number of alkyl halides is 3. The molecule has 1 N–H and O–H groups in total. The standard InChI is InChI=1S/C27H26ClF3O7/c1-34-15-38-25-21(27(29,30)31)11-8-18(24(25)26(35-2)36-3)14-37-19-9-10-20(22(28)13-19)17-6-4-16(5-7-17)12-23(32)33/h4-11,13,26H,12,14-15H2,1-3H3,(H,32,33). The van der Waals surface area contributed by atoms with Crippen molar-refractivity contribution in [1.82, 2.24) is 0 Å². The van der Waals surface area contributed by atoms with Crippen LogP contribution in [0.15, 0.2) is 54.6 Å². The van der Waals surface area contributed by atoms with Crippen LogP contribution < -0.4 is 9.47 Å². The fourth-order valence-electron chi connectivity index (χ4n) is 3.81. The summed E-state index contributed by atoms with van der Waals surface area (Å²) in [5.41, 5.74) is 1.49. The van der Waals surface area contributed by atoms with Crippen molar-refractivity contribution in [3.63, 3.8) is 0 Å². The first-order valence-corrected chi connectivity index (χ1v) is 11.6. The van der Waals surface area contributed by atoms with Crippen molar-refractivity contribution in [3.05, 3.63) is 81.9 Å². The SMILES string of the molecule is COCOc1c(C(F)(F)F)ccc(COc2ccc(-c3ccc(CC(=O)O)cc3)c(Cl)c2)c1C(OC)OC. The molecular weight excluding hydrogens is 529 g/mol. The second-order valence-electron chi connectivity index (χ2n) is 8.06. The van der Waals surface area contributed by atoms with Gasteiger partial charge in [0, 0.05) is 32.5 Å². The minimum absolute atomic E-state index is 0.0195. The molecule has 0 aliphatic rings. The van der Waals surface area contributed by atoms with Gasteiger partial charge in [0.05, 0.1) is 22.6 Å². The van der Waals surface area contributed by atoms with Crippen molar-refractivity contribution in [2.24, 2.45) is 0 Å². The Bertz CT molecular complexity index is 1240. The Morgan fingerprint density at radius 1 is 0.974 bits per heavy atom. The highest BCUT2D eigenvalue weighted by atomic mass is 35.5. The minimum Gasteiger partial charge on any atom is -0.489 e. The number of ether oxygens (including phenoxy) is 5. The largest absolute Gasteiger partial charge is 0.489 e. The van der Waals surface area contributed by atoms with E-state index in [4.69, 9.17) is 40.4 Å². The maximum atomic E-state index is 13.7. The fourth-order valence-corrected chi connectivity index (χ4v) is 4.09. The summed E-state index contributed by atoms with van der Waals surface area (Å²) in [6, 6.07) is 14.1. The number of halogens is 4. The molecule has 38 heavy (non-hydrogen) atoms. The van der Waals surface area contributed by atoms with Crippen LogP contribution in [0.5, 0.6) is 11.5 Å². The van der Waals surface area contributed by atoms with E-state index in [1.165, 1.54) is 27.4 Å². The van der Waals surface area contributed by atoms with Gasteiger partial charge < -0.3 is 28.8 Å². The van der Waals surface area contributed by atoms with Crippen LogP contribution >= 0.6 is 11.6 Å². The number of carboxylic acid groups (broad SMARTS) is 1. The lowest BCUT2D eigenvalue weighted by molar-refractivity contribution is -0.141. The molecule has 7 nitrogen and oxygen atoms in total. The topological polar surface area (TPSA) is 83.5 Å². The van der Waals surface area contributed by atoms with Crippen molar-refractivity contribution in [2.75, 3.05) is 28.1 Å². The van der Waals surface area contributed by atoms with E-state index in [2.05, 4.69) is 0 Å². The molecule has 11 heteroatoms. The van der Waals surface area contributed by atoms with E-state index in [0.29, 0.717) is 27.5 Å². The van der Waals surface area contributed by atoms with E-state index in [-0.39, 0.29) is 18.6 Å². The minimum atomic E-state index is -4.70. The van der Waals surface area contributed by atoms with Gasteiger partial charge in [0.1, 0.15) is 18.1 Å². The summed E-state index contributed by atoms with van der Waals surface area (Å²) in [5, 5.41) is 9.30. The smallest absolute Gasteiger partial charge is 0.419 e. The van der Waals surface area contributed by atoms with E-state index in [1.807, 2.05) is 0 Å². The van der Waals surface area contributed by atoms with Crippen molar-refractivity contribution in [2.45, 2.75) is 25.5 Å². The van der Waals surface area contributed by atoms with Crippen molar-refractivity contribution in [1.29, 1.82) is 0 Å². The molecule has 0 saturated carbocycles. The van der Waals surface area contributed by atoms with Gasteiger partial charge in [-0.1, -0.05) is 41.9 Å². The molecule has 0 aromatic heterocycles. The number of carboxylic acids is 1. The molecule has 0 unspecified atom stereocenters. The summed E-state index contributed by atoms with van der Waals surface area (Å²) in [5.74, 6) is -1.03. The van der Waals surface area contributed by atoms with Gasteiger partial charge in [0.25, 0.3) is 0 Å². The zero-order valence-corrected chi connectivity index (χ0v) is 21.6. The zero-order chi connectivity index (χ0) is 27.9. The number of methoxy groups -OCH3 is 3. The average Bonchev–Trinajstić information content (AvgIpc) is 2.87. The molecule has 0 saturated heterocycles. The van der Waals surface area contributed by atoms with Crippen LogP contribution in [0, 0.1) is 0 Å². The van der Waals surface area contributed by atoms with Gasteiger partial charge in [0.15, 0.2) is 13.1 Å². The summed E-state index contributed by atoms with van der Waals surface area (Å²) in [6.45, 7) is -0.561. The summed E-state index contributed by atoms with van der Waals surface area (Å²) in [4.78, 5) is 10.9. The number of carbonyl (C=O) groups is 1. The molecule has 0 spiro atoms. The predicted molar refractivity (Wildman–Crippen MR) is 133 cm³/mol. The zero-order valence-electron chi connectivity index (χ0n) is 20.8. The molecular formula is C27H26ClF3O7. The first-order chi connectivity index (χ1) is 18.1. The van der Waals surface area contributed by atoms with Gasteiger partial charge in [-0.05, 0) is 35.4 Å². The Balaban J connectivity index is 1.89. The average molecular weight is 555 g/mol. The molecule has 0 amide bonds. The lowest BCUT2D eigenvalue weighted by atomic mass is 10.0. The predicted octanol–water partition coefficient (Wildman–Crippen LogP) is 6.51. The molecule has 0 radical (unpaired) electrons. The summed E-state index contributed by atoms with van der Waals surface area (Å²) >= 11 is 6.48. The first kappa shape index (κ1) is 29.2.